The molecule has 0 aliphatic heterocycles. The van der Waals surface area contributed by atoms with Gasteiger partial charge in [0.25, 0.3) is 5.69 Å². The van der Waals surface area contributed by atoms with E-state index in [1.165, 1.54) is 0 Å². The second-order valence-electron chi connectivity index (χ2n) is 3.02. The maximum atomic E-state index is 11.6. The number of carboxylic acids is 1. The van der Waals surface area contributed by atoms with Crippen molar-refractivity contribution in [2.45, 2.75) is 10.6 Å². The first-order valence-corrected chi connectivity index (χ1v) is 7.07. The second kappa shape index (κ2) is 5.61. The van der Waals surface area contributed by atoms with Gasteiger partial charge in [-0.15, -0.1) is 11.3 Å². The number of nitrogens with zero attached hydrogens (tertiary/aromatic N) is 1. The van der Waals surface area contributed by atoms with Crippen LogP contribution in [0.15, 0.2) is 10.3 Å². The molecule has 0 radical (unpaired) electrons. The van der Waals surface area contributed by atoms with E-state index in [2.05, 4.69) is 0 Å². The highest BCUT2D eigenvalue weighted by molar-refractivity contribution is 7.91. The van der Waals surface area contributed by atoms with Gasteiger partial charge < -0.3 is 5.11 Å². The molecule has 0 amide bonds. The van der Waals surface area contributed by atoms with E-state index in [1.54, 1.807) is 0 Å². The van der Waals surface area contributed by atoms with E-state index < -0.39 is 26.6 Å². The van der Waals surface area contributed by atoms with Gasteiger partial charge in [0.15, 0.2) is 4.34 Å². The van der Waals surface area contributed by atoms with Crippen molar-refractivity contribution in [1.29, 1.82) is 0 Å². The largest absolute Gasteiger partial charge is 0.481 e. The van der Waals surface area contributed by atoms with Gasteiger partial charge >= 0.3 is 5.97 Å². The number of nitrogens with one attached hydrogen (secondary N) is 1. The molecule has 2 N–H and O–H groups in total. The highest BCUT2D eigenvalue weighted by atomic mass is 35.5. The molecular formula is C7H7ClN2O6S2. The molecule has 11 heteroatoms. The Kier molecular flexibility index (Phi) is 4.62. The van der Waals surface area contributed by atoms with Crippen molar-refractivity contribution in [1.82, 2.24) is 4.72 Å². The summed E-state index contributed by atoms with van der Waals surface area (Å²) in [5, 5.41) is 18.9. The molecule has 100 valence electrons. The van der Waals surface area contributed by atoms with Crippen LogP contribution in [-0.2, 0) is 14.8 Å². The first-order chi connectivity index (χ1) is 8.24. The maximum absolute atomic E-state index is 11.6. The number of carbonyl (C=O) groups is 1. The topological polar surface area (TPSA) is 127 Å². The summed E-state index contributed by atoms with van der Waals surface area (Å²) in [5.74, 6) is -1.16. The number of carboxylic acid groups (broad SMARTS) is 1. The molecule has 0 aliphatic carbocycles. The Labute approximate surface area is 110 Å². The zero-order valence-corrected chi connectivity index (χ0v) is 11.0. The van der Waals surface area contributed by atoms with Gasteiger partial charge in [0.1, 0.15) is 4.21 Å². The lowest BCUT2D eigenvalue weighted by Crippen LogP contribution is -2.25. The van der Waals surface area contributed by atoms with Crippen LogP contribution in [0.25, 0.3) is 0 Å². The minimum absolute atomic E-state index is 0.251. The van der Waals surface area contributed by atoms with Crippen molar-refractivity contribution in [2.75, 3.05) is 6.54 Å². The standard InChI is InChI=1S/C7H7ClN2O6S2/c8-7-4(10(13)14)3-6(17-7)18(15,16)9-2-1-5(11)12/h3,9H,1-2H2,(H,11,12). The molecule has 1 rings (SSSR count). The van der Waals surface area contributed by atoms with E-state index in [0.29, 0.717) is 11.3 Å². The van der Waals surface area contributed by atoms with E-state index in [1.807, 2.05) is 4.72 Å². The van der Waals surface area contributed by atoms with Crippen molar-refractivity contribution in [3.8, 4) is 0 Å². The van der Waals surface area contributed by atoms with Gasteiger partial charge in [-0.1, -0.05) is 11.6 Å². The molecule has 0 unspecified atom stereocenters. The molecule has 0 fully saturated rings. The molecule has 18 heavy (non-hydrogen) atoms. The van der Waals surface area contributed by atoms with E-state index in [0.717, 1.165) is 6.07 Å². The summed E-state index contributed by atoms with van der Waals surface area (Å²) in [6, 6.07) is 0.829. The van der Waals surface area contributed by atoms with E-state index in [9.17, 15) is 23.3 Å². The first kappa shape index (κ1) is 14.8. The second-order valence-corrected chi connectivity index (χ2v) is 6.67. The number of hydrogen-bond donors (Lipinski definition) is 2. The number of nitro groups is 1. The Hall–Kier alpha value is -1.23. The average Bonchev–Trinajstić information content (AvgIpc) is 2.60. The lowest BCUT2D eigenvalue weighted by Gasteiger charge is -2.01. The SMILES string of the molecule is O=C(O)CCNS(=O)(=O)c1cc([N+](=O)[O-])c(Cl)s1. The smallest absolute Gasteiger partial charge is 0.304 e. The third-order valence-electron chi connectivity index (χ3n) is 1.74. The quantitative estimate of drug-likeness (QED) is 0.597. The van der Waals surface area contributed by atoms with Gasteiger partial charge in [0.05, 0.1) is 11.3 Å². The summed E-state index contributed by atoms with van der Waals surface area (Å²) in [7, 11) is -3.97. The number of rotatable bonds is 6. The van der Waals surface area contributed by atoms with Gasteiger partial charge in [0.2, 0.25) is 10.0 Å². The Morgan fingerprint density at radius 2 is 2.22 bits per heavy atom. The molecule has 1 heterocycles. The van der Waals surface area contributed by atoms with Crippen LogP contribution in [0.2, 0.25) is 4.34 Å². The Bertz CT molecular complexity index is 581. The highest BCUT2D eigenvalue weighted by Gasteiger charge is 2.24. The highest BCUT2D eigenvalue weighted by Crippen LogP contribution is 2.35. The van der Waals surface area contributed by atoms with Crippen molar-refractivity contribution in [3.05, 3.63) is 20.5 Å². The number of aliphatic carboxylic acids is 1. The molecule has 1 aromatic heterocycles. The zero-order chi connectivity index (χ0) is 13.9. The van der Waals surface area contributed by atoms with Gasteiger partial charge in [0, 0.05) is 12.6 Å². The van der Waals surface area contributed by atoms with Crippen LogP contribution in [0.1, 0.15) is 6.42 Å². The van der Waals surface area contributed by atoms with Gasteiger partial charge in [-0.3, -0.25) is 14.9 Å². The van der Waals surface area contributed by atoms with Gasteiger partial charge in [-0.05, 0) is 0 Å². The first-order valence-electron chi connectivity index (χ1n) is 4.39. The fourth-order valence-electron chi connectivity index (χ4n) is 0.959. The predicted molar refractivity (Wildman–Crippen MR) is 63.4 cm³/mol. The fraction of sp³-hybridized carbons (Fsp3) is 0.286. The molecule has 0 aliphatic rings. The van der Waals surface area contributed by atoms with Crippen molar-refractivity contribution < 1.29 is 23.2 Å². The predicted octanol–water partition coefficient (Wildman–Crippen LogP) is 1.06. The third-order valence-corrected chi connectivity index (χ3v) is 5.01. The van der Waals surface area contributed by atoms with Crippen LogP contribution in [0.3, 0.4) is 0 Å². The normalized spacial score (nSPS) is 11.4. The number of thiophene rings is 1. The van der Waals surface area contributed by atoms with Crippen LogP contribution in [0.5, 0.6) is 0 Å². The summed E-state index contributed by atoms with van der Waals surface area (Å²) in [4.78, 5) is 19.9. The van der Waals surface area contributed by atoms with Crippen LogP contribution in [0, 0.1) is 10.1 Å². The minimum Gasteiger partial charge on any atom is -0.481 e. The summed E-state index contributed by atoms with van der Waals surface area (Å²) >= 11 is 6.06. The van der Waals surface area contributed by atoms with Crippen LogP contribution < -0.4 is 4.72 Å². The lowest BCUT2D eigenvalue weighted by atomic mass is 10.5. The molecule has 0 atom stereocenters. The van der Waals surface area contributed by atoms with Crippen molar-refractivity contribution >= 4 is 44.6 Å². The lowest BCUT2D eigenvalue weighted by molar-refractivity contribution is -0.384. The average molecular weight is 315 g/mol. The zero-order valence-electron chi connectivity index (χ0n) is 8.62. The number of halogens is 1. The fourth-order valence-corrected chi connectivity index (χ4v) is 3.70. The minimum atomic E-state index is -3.97. The van der Waals surface area contributed by atoms with E-state index >= 15 is 0 Å². The molecule has 1 aromatic rings. The number of hydrogen-bond acceptors (Lipinski definition) is 6. The third kappa shape index (κ3) is 3.63. The molecule has 0 aromatic carbocycles. The van der Waals surface area contributed by atoms with Crippen LogP contribution in [0.4, 0.5) is 5.69 Å². The van der Waals surface area contributed by atoms with Gasteiger partial charge in [-0.25, -0.2) is 13.1 Å². The molecular weight excluding hydrogens is 308 g/mol. The summed E-state index contributed by atoms with van der Waals surface area (Å²) < 4.78 is 24.7. The molecule has 0 saturated carbocycles. The Morgan fingerprint density at radius 1 is 1.61 bits per heavy atom. The summed E-state index contributed by atoms with van der Waals surface area (Å²) in [5.41, 5.74) is -0.500. The van der Waals surface area contributed by atoms with Crippen molar-refractivity contribution in [2.24, 2.45) is 0 Å². The summed E-state index contributed by atoms with van der Waals surface area (Å²) in [6.45, 7) is -0.305. The molecule has 0 saturated heterocycles. The van der Waals surface area contributed by atoms with Gasteiger partial charge in [-0.2, -0.15) is 0 Å². The Morgan fingerprint density at radius 3 is 2.67 bits per heavy atom. The van der Waals surface area contributed by atoms with E-state index in [-0.39, 0.29) is 21.5 Å². The van der Waals surface area contributed by atoms with Crippen molar-refractivity contribution in [3.63, 3.8) is 0 Å². The Balaban J connectivity index is 2.89. The molecule has 8 nitrogen and oxygen atoms in total. The van der Waals surface area contributed by atoms with E-state index in [4.69, 9.17) is 16.7 Å². The summed E-state index contributed by atoms with van der Waals surface area (Å²) in [6.07, 6.45) is -0.388. The van der Waals surface area contributed by atoms with Crippen LogP contribution >= 0.6 is 22.9 Å². The molecule has 0 spiro atoms. The van der Waals surface area contributed by atoms with Crippen LogP contribution in [-0.4, -0.2) is 31.0 Å². The number of sulfonamides is 1. The monoisotopic (exact) mass is 314 g/mol. The maximum Gasteiger partial charge on any atom is 0.304 e. The molecule has 0 bridgehead atoms.